The van der Waals surface area contributed by atoms with Gasteiger partial charge in [-0.25, -0.2) is 4.98 Å². The number of rotatable bonds is 3. The molecule has 0 atom stereocenters. The molecule has 0 spiro atoms. The summed E-state index contributed by atoms with van der Waals surface area (Å²) in [4.78, 5) is 8.27. The molecule has 4 nitrogen and oxygen atoms in total. The molecule has 0 saturated heterocycles. The van der Waals surface area contributed by atoms with Crippen molar-refractivity contribution < 1.29 is 4.74 Å². The predicted octanol–water partition coefficient (Wildman–Crippen LogP) is 2.96. The molecule has 0 unspecified atom stereocenters. The second kappa shape index (κ2) is 4.66. The van der Waals surface area contributed by atoms with Crippen molar-refractivity contribution in [1.29, 1.82) is 0 Å². The molecular formula is C13H10ClN3O. The molecule has 5 heteroatoms. The Morgan fingerprint density at radius 1 is 1.28 bits per heavy atom. The van der Waals surface area contributed by atoms with Gasteiger partial charge in [-0.15, -0.1) is 0 Å². The van der Waals surface area contributed by atoms with Crippen LogP contribution in [0.1, 0.15) is 5.69 Å². The van der Waals surface area contributed by atoms with E-state index in [2.05, 4.69) is 9.97 Å². The molecule has 0 aliphatic rings. The number of aromatic nitrogens is 3. The highest BCUT2D eigenvalue weighted by Crippen LogP contribution is 2.15. The van der Waals surface area contributed by atoms with Crippen LogP contribution in [0.15, 0.2) is 49.1 Å². The van der Waals surface area contributed by atoms with E-state index in [1.807, 2.05) is 34.9 Å². The van der Waals surface area contributed by atoms with Crippen LogP contribution in [0.3, 0.4) is 0 Å². The summed E-state index contributed by atoms with van der Waals surface area (Å²) in [6, 6.07) is 7.34. The minimum Gasteiger partial charge on any atom is -0.486 e. The lowest BCUT2D eigenvalue weighted by atomic mass is 10.4. The van der Waals surface area contributed by atoms with Gasteiger partial charge in [-0.2, -0.15) is 0 Å². The Kier molecular flexibility index (Phi) is 2.86. The molecule has 90 valence electrons. The van der Waals surface area contributed by atoms with E-state index in [-0.39, 0.29) is 0 Å². The average molecular weight is 260 g/mol. The monoisotopic (exact) mass is 259 g/mol. The van der Waals surface area contributed by atoms with Crippen molar-refractivity contribution in [3.05, 3.63) is 59.8 Å². The van der Waals surface area contributed by atoms with Crippen LogP contribution in [0.5, 0.6) is 5.75 Å². The normalized spacial score (nSPS) is 10.7. The molecule has 0 saturated carbocycles. The highest BCUT2D eigenvalue weighted by Gasteiger charge is 2.04. The van der Waals surface area contributed by atoms with E-state index in [0.717, 1.165) is 17.1 Å². The van der Waals surface area contributed by atoms with Crippen LogP contribution in [-0.2, 0) is 6.61 Å². The third-order valence-electron chi connectivity index (χ3n) is 2.57. The highest BCUT2D eigenvalue weighted by molar-refractivity contribution is 6.30. The van der Waals surface area contributed by atoms with Crippen LogP contribution in [0, 0.1) is 0 Å². The van der Waals surface area contributed by atoms with Gasteiger partial charge in [-0.05, 0) is 24.3 Å². The Balaban J connectivity index is 1.83. The van der Waals surface area contributed by atoms with E-state index in [0.29, 0.717) is 11.6 Å². The quantitative estimate of drug-likeness (QED) is 0.726. The molecule has 0 fully saturated rings. The highest BCUT2D eigenvalue weighted by atomic mass is 35.5. The number of hydrogen-bond donors (Lipinski definition) is 0. The molecule has 3 aromatic heterocycles. The van der Waals surface area contributed by atoms with E-state index in [1.165, 1.54) is 0 Å². The summed E-state index contributed by atoms with van der Waals surface area (Å²) in [5.74, 6) is 0.737. The number of halogens is 1. The first-order valence-corrected chi connectivity index (χ1v) is 5.85. The van der Waals surface area contributed by atoms with Crippen LogP contribution in [0.4, 0.5) is 0 Å². The molecule has 0 aromatic carbocycles. The van der Waals surface area contributed by atoms with E-state index in [9.17, 15) is 0 Å². The maximum Gasteiger partial charge on any atom is 0.138 e. The summed E-state index contributed by atoms with van der Waals surface area (Å²) < 4.78 is 7.58. The van der Waals surface area contributed by atoms with Gasteiger partial charge >= 0.3 is 0 Å². The number of pyridine rings is 2. The van der Waals surface area contributed by atoms with Crippen molar-refractivity contribution >= 4 is 17.2 Å². The van der Waals surface area contributed by atoms with Crippen molar-refractivity contribution in [2.24, 2.45) is 0 Å². The van der Waals surface area contributed by atoms with Crippen molar-refractivity contribution in [2.45, 2.75) is 6.61 Å². The van der Waals surface area contributed by atoms with Gasteiger partial charge in [-0.1, -0.05) is 11.6 Å². The largest absolute Gasteiger partial charge is 0.486 e. The van der Waals surface area contributed by atoms with Gasteiger partial charge in [0.1, 0.15) is 18.0 Å². The van der Waals surface area contributed by atoms with Crippen molar-refractivity contribution in [3.8, 4) is 5.75 Å². The SMILES string of the molecule is Clc1ccn2c(COc3cccnc3)cnc2c1. The fraction of sp³-hybridized carbons (Fsp3) is 0.0769. The molecule has 0 amide bonds. The summed E-state index contributed by atoms with van der Waals surface area (Å²) in [6.45, 7) is 0.439. The van der Waals surface area contributed by atoms with Crippen LogP contribution < -0.4 is 4.74 Å². The Morgan fingerprint density at radius 2 is 2.22 bits per heavy atom. The first kappa shape index (κ1) is 11.0. The Hall–Kier alpha value is -2.07. The van der Waals surface area contributed by atoms with Gasteiger partial charge in [-0.3, -0.25) is 4.98 Å². The third-order valence-corrected chi connectivity index (χ3v) is 2.81. The topological polar surface area (TPSA) is 39.4 Å². The zero-order chi connectivity index (χ0) is 12.4. The molecule has 0 aliphatic carbocycles. The minimum atomic E-state index is 0.439. The fourth-order valence-electron chi connectivity index (χ4n) is 1.70. The summed E-state index contributed by atoms with van der Waals surface area (Å²) in [6.07, 6.45) is 7.05. The number of hydrogen-bond acceptors (Lipinski definition) is 3. The standard InChI is InChI=1S/C13H10ClN3O/c14-10-3-5-17-11(7-16-13(17)6-10)9-18-12-2-1-4-15-8-12/h1-8H,9H2. The van der Waals surface area contributed by atoms with Crippen molar-refractivity contribution in [1.82, 2.24) is 14.4 Å². The molecule has 3 heterocycles. The van der Waals surface area contributed by atoms with E-state index in [4.69, 9.17) is 16.3 Å². The molecule has 3 aromatic rings. The zero-order valence-corrected chi connectivity index (χ0v) is 10.2. The maximum absolute atomic E-state index is 5.91. The van der Waals surface area contributed by atoms with Crippen LogP contribution in [-0.4, -0.2) is 14.4 Å². The van der Waals surface area contributed by atoms with E-state index >= 15 is 0 Å². The second-order valence-corrected chi connectivity index (χ2v) is 4.24. The average Bonchev–Trinajstić information content (AvgIpc) is 2.80. The summed E-state index contributed by atoms with van der Waals surface area (Å²) in [5.41, 5.74) is 1.78. The fourth-order valence-corrected chi connectivity index (χ4v) is 1.86. The van der Waals surface area contributed by atoms with Crippen LogP contribution in [0.2, 0.25) is 5.02 Å². The van der Waals surface area contributed by atoms with Gasteiger partial charge < -0.3 is 9.14 Å². The van der Waals surface area contributed by atoms with Gasteiger partial charge in [0.25, 0.3) is 0 Å². The molecule has 0 N–H and O–H groups in total. The van der Waals surface area contributed by atoms with Crippen LogP contribution >= 0.6 is 11.6 Å². The van der Waals surface area contributed by atoms with E-state index in [1.54, 1.807) is 18.6 Å². The second-order valence-electron chi connectivity index (χ2n) is 3.80. The molecular weight excluding hydrogens is 250 g/mol. The lowest BCUT2D eigenvalue weighted by Crippen LogP contribution is -1.99. The summed E-state index contributed by atoms with van der Waals surface area (Å²) in [5, 5.41) is 0.674. The molecule has 18 heavy (non-hydrogen) atoms. The lowest BCUT2D eigenvalue weighted by Gasteiger charge is -2.05. The van der Waals surface area contributed by atoms with Gasteiger partial charge in [0, 0.05) is 17.4 Å². The van der Waals surface area contributed by atoms with Gasteiger partial charge in [0.15, 0.2) is 0 Å². The number of ether oxygens (including phenoxy) is 1. The van der Waals surface area contributed by atoms with Crippen molar-refractivity contribution in [3.63, 3.8) is 0 Å². The zero-order valence-electron chi connectivity index (χ0n) is 9.45. The Morgan fingerprint density at radius 3 is 3.06 bits per heavy atom. The smallest absolute Gasteiger partial charge is 0.138 e. The predicted molar refractivity (Wildman–Crippen MR) is 68.8 cm³/mol. The first-order chi connectivity index (χ1) is 8.83. The number of fused-ring (bicyclic) bond motifs is 1. The first-order valence-electron chi connectivity index (χ1n) is 5.47. The van der Waals surface area contributed by atoms with Crippen molar-refractivity contribution in [2.75, 3.05) is 0 Å². The molecule has 0 aliphatic heterocycles. The molecule has 0 bridgehead atoms. The maximum atomic E-state index is 5.91. The molecule has 0 radical (unpaired) electrons. The van der Waals surface area contributed by atoms with Gasteiger partial charge in [0.05, 0.1) is 18.1 Å². The van der Waals surface area contributed by atoms with Crippen LogP contribution in [0.25, 0.3) is 5.65 Å². The lowest BCUT2D eigenvalue weighted by molar-refractivity contribution is 0.299. The summed E-state index contributed by atoms with van der Waals surface area (Å²) in [7, 11) is 0. The third kappa shape index (κ3) is 2.15. The van der Waals surface area contributed by atoms with E-state index < -0.39 is 0 Å². The number of imidazole rings is 1. The number of nitrogens with zero attached hydrogens (tertiary/aromatic N) is 3. The minimum absolute atomic E-state index is 0.439. The summed E-state index contributed by atoms with van der Waals surface area (Å²) >= 11 is 5.91. The Labute approximate surface area is 109 Å². The van der Waals surface area contributed by atoms with Gasteiger partial charge in [0.2, 0.25) is 0 Å². The molecule has 3 rings (SSSR count). The Bertz CT molecular complexity index is 666.